The summed E-state index contributed by atoms with van der Waals surface area (Å²) in [7, 11) is 2.19. The predicted octanol–water partition coefficient (Wildman–Crippen LogP) is 2.61. The summed E-state index contributed by atoms with van der Waals surface area (Å²) in [6, 6.07) is 0.579. The van der Waals surface area contributed by atoms with E-state index in [0.717, 1.165) is 19.5 Å². The Morgan fingerprint density at radius 2 is 2.09 bits per heavy atom. The highest BCUT2D eigenvalue weighted by molar-refractivity contribution is 5.68. The monoisotopic (exact) mass is 313 g/mol. The van der Waals surface area contributed by atoms with E-state index < -0.39 is 5.60 Å². The van der Waals surface area contributed by atoms with Crippen LogP contribution in [0.1, 0.15) is 53.9 Å². The molecule has 0 aromatic rings. The summed E-state index contributed by atoms with van der Waals surface area (Å²) in [4.78, 5) is 14.3. The fraction of sp³-hybridized carbons (Fsp3) is 0.941. The lowest BCUT2D eigenvalue weighted by molar-refractivity contribution is 0.0500. The summed E-state index contributed by atoms with van der Waals surface area (Å²) in [5, 5.41) is 6.55. The number of amides is 1. The molecule has 0 saturated carbocycles. The van der Waals surface area contributed by atoms with Gasteiger partial charge in [0.15, 0.2) is 0 Å². The average molecular weight is 313 g/mol. The fourth-order valence-electron chi connectivity index (χ4n) is 2.88. The highest BCUT2D eigenvalue weighted by Gasteiger charge is 2.24. The summed E-state index contributed by atoms with van der Waals surface area (Å²) in [5.41, 5.74) is -0.449. The third kappa shape index (κ3) is 7.45. The van der Waals surface area contributed by atoms with Gasteiger partial charge in [0.05, 0.1) is 0 Å². The van der Waals surface area contributed by atoms with E-state index in [0.29, 0.717) is 12.0 Å². The molecule has 5 heteroatoms. The quantitative estimate of drug-likeness (QED) is 0.791. The predicted molar refractivity (Wildman–Crippen MR) is 91.1 cm³/mol. The number of ether oxygens (including phenoxy) is 1. The zero-order valence-corrected chi connectivity index (χ0v) is 15.2. The molecule has 1 rings (SSSR count). The van der Waals surface area contributed by atoms with Gasteiger partial charge < -0.3 is 20.3 Å². The Morgan fingerprint density at radius 3 is 2.64 bits per heavy atom. The maximum Gasteiger partial charge on any atom is 0.407 e. The van der Waals surface area contributed by atoms with Crippen molar-refractivity contribution >= 4 is 6.09 Å². The molecule has 1 saturated heterocycles. The van der Waals surface area contributed by atoms with Crippen molar-refractivity contribution in [1.82, 2.24) is 15.5 Å². The van der Waals surface area contributed by atoms with Crippen LogP contribution in [0.25, 0.3) is 0 Å². The van der Waals surface area contributed by atoms with Gasteiger partial charge >= 0.3 is 6.09 Å². The van der Waals surface area contributed by atoms with E-state index in [1.54, 1.807) is 0 Å². The lowest BCUT2D eigenvalue weighted by Gasteiger charge is -2.34. The third-order valence-corrected chi connectivity index (χ3v) is 4.27. The molecule has 0 aromatic heterocycles. The summed E-state index contributed by atoms with van der Waals surface area (Å²) in [6.07, 6.45) is 3.13. The van der Waals surface area contributed by atoms with Crippen LogP contribution >= 0.6 is 0 Å². The molecular formula is C17H35N3O2. The van der Waals surface area contributed by atoms with Crippen LogP contribution in [0, 0.1) is 5.92 Å². The van der Waals surface area contributed by atoms with Gasteiger partial charge in [0, 0.05) is 25.2 Å². The Labute approximate surface area is 136 Å². The zero-order chi connectivity index (χ0) is 16.8. The van der Waals surface area contributed by atoms with E-state index in [4.69, 9.17) is 4.74 Å². The molecule has 1 heterocycles. The minimum absolute atomic E-state index is 0.110. The zero-order valence-electron chi connectivity index (χ0n) is 15.2. The first-order valence-corrected chi connectivity index (χ1v) is 8.62. The molecule has 0 aliphatic carbocycles. The lowest BCUT2D eigenvalue weighted by atomic mass is 9.92. The number of carbonyl (C=O) groups excluding carboxylic acids is 1. The Hall–Kier alpha value is -0.810. The molecule has 0 aromatic carbocycles. The van der Waals surface area contributed by atoms with Gasteiger partial charge in [-0.3, -0.25) is 0 Å². The number of rotatable bonds is 6. The third-order valence-electron chi connectivity index (χ3n) is 4.27. The van der Waals surface area contributed by atoms with E-state index in [-0.39, 0.29) is 12.1 Å². The van der Waals surface area contributed by atoms with E-state index in [9.17, 15) is 4.79 Å². The van der Waals surface area contributed by atoms with Crippen LogP contribution < -0.4 is 10.6 Å². The topological polar surface area (TPSA) is 53.6 Å². The van der Waals surface area contributed by atoms with Crippen LogP contribution in [0.2, 0.25) is 0 Å². The Kier molecular flexibility index (Phi) is 7.63. The Morgan fingerprint density at radius 1 is 1.41 bits per heavy atom. The van der Waals surface area contributed by atoms with Crippen LogP contribution in [0.4, 0.5) is 4.79 Å². The van der Waals surface area contributed by atoms with Crippen molar-refractivity contribution in [1.29, 1.82) is 0 Å². The molecule has 22 heavy (non-hydrogen) atoms. The minimum Gasteiger partial charge on any atom is -0.444 e. The van der Waals surface area contributed by atoms with Crippen LogP contribution in [0.3, 0.4) is 0 Å². The van der Waals surface area contributed by atoms with Gasteiger partial charge in [-0.05, 0) is 66.5 Å². The Bertz CT molecular complexity index is 341. The fourth-order valence-corrected chi connectivity index (χ4v) is 2.88. The SMILES string of the molecule is CCC(CNC(C)C1CCCN(C)C1)NC(=O)OC(C)(C)C. The van der Waals surface area contributed by atoms with Gasteiger partial charge in [-0.1, -0.05) is 6.92 Å². The van der Waals surface area contributed by atoms with E-state index in [1.807, 2.05) is 20.8 Å². The molecule has 130 valence electrons. The largest absolute Gasteiger partial charge is 0.444 e. The van der Waals surface area contributed by atoms with Gasteiger partial charge in [0.25, 0.3) is 0 Å². The molecule has 5 nitrogen and oxygen atoms in total. The molecular weight excluding hydrogens is 278 g/mol. The Balaban J connectivity index is 2.34. The molecule has 1 amide bonds. The molecule has 0 spiro atoms. The summed E-state index contributed by atoms with van der Waals surface area (Å²) < 4.78 is 5.32. The summed E-state index contributed by atoms with van der Waals surface area (Å²) >= 11 is 0. The smallest absolute Gasteiger partial charge is 0.407 e. The second kappa shape index (κ2) is 8.73. The molecule has 0 radical (unpaired) electrons. The number of carbonyl (C=O) groups is 1. The van der Waals surface area contributed by atoms with Crippen LogP contribution in [0.5, 0.6) is 0 Å². The second-order valence-corrected chi connectivity index (χ2v) is 7.61. The number of likely N-dealkylation sites (tertiary alicyclic amines) is 1. The van der Waals surface area contributed by atoms with Crippen molar-refractivity contribution in [2.24, 2.45) is 5.92 Å². The van der Waals surface area contributed by atoms with E-state index in [2.05, 4.69) is 36.4 Å². The number of hydrogen-bond acceptors (Lipinski definition) is 4. The molecule has 2 N–H and O–H groups in total. The van der Waals surface area contributed by atoms with E-state index >= 15 is 0 Å². The molecule has 3 unspecified atom stereocenters. The van der Waals surface area contributed by atoms with Gasteiger partial charge in [0.2, 0.25) is 0 Å². The van der Waals surface area contributed by atoms with Crippen molar-refractivity contribution in [3.05, 3.63) is 0 Å². The molecule has 1 aliphatic heterocycles. The van der Waals surface area contributed by atoms with Gasteiger partial charge in [-0.15, -0.1) is 0 Å². The van der Waals surface area contributed by atoms with Gasteiger partial charge in [0.1, 0.15) is 5.60 Å². The number of piperidine rings is 1. The maximum absolute atomic E-state index is 11.8. The van der Waals surface area contributed by atoms with Gasteiger partial charge in [-0.25, -0.2) is 4.79 Å². The van der Waals surface area contributed by atoms with Crippen molar-refractivity contribution in [3.63, 3.8) is 0 Å². The highest BCUT2D eigenvalue weighted by Crippen LogP contribution is 2.18. The lowest BCUT2D eigenvalue weighted by Crippen LogP contribution is -2.49. The normalized spacial score (nSPS) is 22.9. The highest BCUT2D eigenvalue weighted by atomic mass is 16.6. The average Bonchev–Trinajstić information content (AvgIpc) is 2.41. The van der Waals surface area contributed by atoms with Crippen LogP contribution in [-0.2, 0) is 4.74 Å². The summed E-state index contributed by atoms with van der Waals surface area (Å²) in [6.45, 7) is 13.1. The minimum atomic E-state index is -0.449. The molecule has 3 atom stereocenters. The van der Waals surface area contributed by atoms with E-state index in [1.165, 1.54) is 19.4 Å². The van der Waals surface area contributed by atoms with Crippen LogP contribution in [-0.4, -0.2) is 55.4 Å². The standard InChI is InChI=1S/C17H35N3O2/c1-7-15(19-16(21)22-17(3,4)5)11-18-13(2)14-9-8-10-20(6)12-14/h13-15,18H,7-12H2,1-6H3,(H,19,21). The van der Waals surface area contributed by atoms with Gasteiger partial charge in [-0.2, -0.15) is 0 Å². The van der Waals surface area contributed by atoms with Crippen molar-refractivity contribution in [2.45, 2.75) is 71.6 Å². The van der Waals surface area contributed by atoms with Crippen molar-refractivity contribution in [2.75, 3.05) is 26.7 Å². The first-order valence-electron chi connectivity index (χ1n) is 8.62. The molecule has 0 bridgehead atoms. The first kappa shape index (κ1) is 19.2. The molecule has 1 aliphatic rings. The molecule has 1 fully saturated rings. The van der Waals surface area contributed by atoms with Crippen LogP contribution in [0.15, 0.2) is 0 Å². The van der Waals surface area contributed by atoms with Crippen molar-refractivity contribution in [3.8, 4) is 0 Å². The first-order chi connectivity index (χ1) is 10.2. The number of alkyl carbamates (subject to hydrolysis) is 1. The number of nitrogens with zero attached hydrogens (tertiary/aromatic N) is 1. The second-order valence-electron chi connectivity index (χ2n) is 7.61. The van der Waals surface area contributed by atoms with Crippen molar-refractivity contribution < 1.29 is 9.53 Å². The number of hydrogen-bond donors (Lipinski definition) is 2. The number of nitrogens with one attached hydrogen (secondary N) is 2. The maximum atomic E-state index is 11.8. The summed E-state index contributed by atoms with van der Waals surface area (Å²) in [5.74, 6) is 0.692.